The van der Waals surface area contributed by atoms with Crippen molar-refractivity contribution in [3.05, 3.63) is 70.8 Å². The number of benzene rings is 7. The molecule has 0 aromatic heterocycles. The molecule has 0 unspecified atom stereocenters. The fourth-order valence-corrected chi connectivity index (χ4v) is 6.44. The number of Topliss-reactive ketones (excluding diaryl/α,β-unsaturated/α-hetero) is 4. The molecule has 0 N–H and O–H groups in total. The highest BCUT2D eigenvalue weighted by atomic mass is 16.1. The molecule has 0 aliphatic heterocycles. The van der Waals surface area contributed by atoms with Crippen molar-refractivity contribution in [2.45, 2.75) is 27.7 Å². The maximum absolute atomic E-state index is 12.8. The van der Waals surface area contributed by atoms with E-state index >= 15 is 0 Å². The normalized spacial score (nSPS) is 12.3. The summed E-state index contributed by atoms with van der Waals surface area (Å²) in [5.41, 5.74) is 2.35. The minimum Gasteiger partial charge on any atom is -0.294 e. The van der Waals surface area contributed by atoms with Gasteiger partial charge in [0.15, 0.2) is 23.1 Å². The largest absolute Gasteiger partial charge is 0.294 e. The molecule has 0 atom stereocenters. The first-order chi connectivity index (χ1) is 17.2. The van der Waals surface area contributed by atoms with Crippen molar-refractivity contribution >= 4 is 87.8 Å². The van der Waals surface area contributed by atoms with E-state index in [4.69, 9.17) is 0 Å². The second-order valence-electron chi connectivity index (χ2n) is 9.94. The van der Waals surface area contributed by atoms with Gasteiger partial charge in [-0.15, -0.1) is 0 Å². The summed E-state index contributed by atoms with van der Waals surface area (Å²) in [4.78, 5) is 51.2. The third-order valence-electron chi connectivity index (χ3n) is 7.87. The Labute approximate surface area is 205 Å². The summed E-state index contributed by atoms with van der Waals surface area (Å²) in [5, 5.41) is 10.6. The number of ketones is 4. The van der Waals surface area contributed by atoms with Crippen LogP contribution in [0.5, 0.6) is 0 Å². The molecule has 0 bridgehead atoms. The van der Waals surface area contributed by atoms with Crippen LogP contribution in [0.1, 0.15) is 69.1 Å². The van der Waals surface area contributed by atoms with Crippen LogP contribution < -0.4 is 0 Å². The van der Waals surface area contributed by atoms with Gasteiger partial charge in [0, 0.05) is 22.3 Å². The molecule has 4 nitrogen and oxygen atoms in total. The average Bonchev–Trinajstić information content (AvgIpc) is 2.84. The lowest BCUT2D eigenvalue weighted by Gasteiger charge is -2.24. The second-order valence-corrected chi connectivity index (χ2v) is 9.94. The Morgan fingerprint density at radius 3 is 0.806 bits per heavy atom. The first-order valence-electron chi connectivity index (χ1n) is 11.9. The van der Waals surface area contributed by atoms with Gasteiger partial charge in [-0.3, -0.25) is 19.2 Å². The van der Waals surface area contributed by atoms with Gasteiger partial charge in [-0.2, -0.15) is 0 Å². The Hall–Kier alpha value is -4.44. The van der Waals surface area contributed by atoms with E-state index in [2.05, 4.69) is 0 Å². The van der Waals surface area contributed by atoms with E-state index < -0.39 is 0 Å². The fraction of sp³-hybridized carbons (Fsp3) is 0.125. The zero-order valence-electron chi connectivity index (χ0n) is 20.3. The van der Waals surface area contributed by atoms with Crippen LogP contribution in [0.25, 0.3) is 64.6 Å². The van der Waals surface area contributed by atoms with Gasteiger partial charge in [0.05, 0.1) is 0 Å². The minimum absolute atomic E-state index is 0.0596. The molecule has 0 aliphatic carbocycles. The maximum atomic E-state index is 12.8. The van der Waals surface area contributed by atoms with E-state index in [-0.39, 0.29) is 23.1 Å². The molecule has 0 radical (unpaired) electrons. The van der Waals surface area contributed by atoms with Crippen molar-refractivity contribution in [1.29, 1.82) is 0 Å². The summed E-state index contributed by atoms with van der Waals surface area (Å²) in [6.07, 6.45) is 0. The van der Waals surface area contributed by atoms with E-state index in [9.17, 15) is 19.2 Å². The summed E-state index contributed by atoms with van der Waals surface area (Å²) in [6.45, 7) is 6.21. The first kappa shape index (κ1) is 20.9. The molecule has 0 amide bonds. The van der Waals surface area contributed by atoms with E-state index in [1.165, 1.54) is 0 Å². The van der Waals surface area contributed by atoms with Crippen LogP contribution in [-0.4, -0.2) is 23.1 Å². The van der Waals surface area contributed by atoms with Crippen LogP contribution in [0, 0.1) is 0 Å². The third-order valence-corrected chi connectivity index (χ3v) is 7.87. The average molecular weight is 469 g/mol. The number of hydrogen-bond acceptors (Lipinski definition) is 4. The minimum atomic E-state index is -0.0596. The first-order valence-corrected chi connectivity index (χ1v) is 11.9. The van der Waals surface area contributed by atoms with Gasteiger partial charge in [0.1, 0.15) is 0 Å². The number of hydrogen-bond donors (Lipinski definition) is 0. The SMILES string of the molecule is CC(=O)c1cc2cc(C(C)=O)c3ccc4c(C(C)=O)cc5cc(C(C)=O)c6ccc1c1c2c3c4c5c61. The molecule has 172 valence electrons. The smallest absolute Gasteiger partial charge is 0.160 e. The Bertz CT molecular complexity index is 1850. The molecule has 0 saturated carbocycles. The quantitative estimate of drug-likeness (QED) is 0.151. The molecule has 0 fully saturated rings. The van der Waals surface area contributed by atoms with Crippen LogP contribution in [0.15, 0.2) is 48.5 Å². The second kappa shape index (κ2) is 6.61. The van der Waals surface area contributed by atoms with Crippen LogP contribution >= 0.6 is 0 Å². The van der Waals surface area contributed by atoms with Crippen LogP contribution in [0.4, 0.5) is 0 Å². The van der Waals surface area contributed by atoms with Crippen LogP contribution in [0.3, 0.4) is 0 Å². The summed E-state index contributed by atoms with van der Waals surface area (Å²) >= 11 is 0. The summed E-state index contributed by atoms with van der Waals surface area (Å²) < 4.78 is 0. The maximum Gasteiger partial charge on any atom is 0.160 e. The molecule has 0 heterocycles. The highest BCUT2D eigenvalue weighted by Gasteiger charge is 2.27. The molecule has 36 heavy (non-hydrogen) atoms. The predicted octanol–water partition coefficient (Wildman–Crippen LogP) is 7.73. The molecular weight excluding hydrogens is 448 g/mol. The van der Waals surface area contributed by atoms with Crippen molar-refractivity contribution in [3.8, 4) is 0 Å². The van der Waals surface area contributed by atoms with E-state index in [1.807, 2.05) is 48.5 Å². The lowest BCUT2D eigenvalue weighted by molar-refractivity contribution is 0.101. The molecule has 4 heteroatoms. The van der Waals surface area contributed by atoms with Gasteiger partial charge in [-0.1, -0.05) is 24.3 Å². The highest BCUT2D eigenvalue weighted by molar-refractivity contribution is 6.48. The van der Waals surface area contributed by atoms with Crippen molar-refractivity contribution in [1.82, 2.24) is 0 Å². The highest BCUT2D eigenvalue weighted by Crippen LogP contribution is 2.51. The lowest BCUT2D eigenvalue weighted by atomic mass is 9.78. The molecular formula is C32H20O4. The van der Waals surface area contributed by atoms with E-state index in [0.29, 0.717) is 22.3 Å². The Morgan fingerprint density at radius 1 is 0.389 bits per heavy atom. The summed E-state index contributed by atoms with van der Waals surface area (Å²) in [5.74, 6) is -0.238. The Morgan fingerprint density at radius 2 is 0.611 bits per heavy atom. The number of carbonyl (C=O) groups is 4. The van der Waals surface area contributed by atoms with Crippen molar-refractivity contribution in [3.63, 3.8) is 0 Å². The number of carbonyl (C=O) groups excluding carboxylic acids is 4. The van der Waals surface area contributed by atoms with Gasteiger partial charge in [-0.25, -0.2) is 0 Å². The molecule has 0 aliphatic rings. The zero-order chi connectivity index (χ0) is 25.2. The molecule has 7 aromatic carbocycles. The van der Waals surface area contributed by atoms with Gasteiger partial charge in [-0.05, 0) is 117 Å². The number of rotatable bonds is 4. The van der Waals surface area contributed by atoms with Crippen molar-refractivity contribution < 1.29 is 19.2 Å². The van der Waals surface area contributed by atoms with E-state index in [0.717, 1.165) is 64.6 Å². The molecule has 0 saturated heterocycles. The topological polar surface area (TPSA) is 68.3 Å². The van der Waals surface area contributed by atoms with E-state index in [1.54, 1.807) is 27.7 Å². The predicted molar refractivity (Wildman–Crippen MR) is 145 cm³/mol. The van der Waals surface area contributed by atoms with Gasteiger partial charge in [0.2, 0.25) is 0 Å². The fourth-order valence-electron chi connectivity index (χ4n) is 6.44. The van der Waals surface area contributed by atoms with Gasteiger partial charge in [0.25, 0.3) is 0 Å². The third kappa shape index (κ3) is 2.34. The zero-order valence-corrected chi connectivity index (χ0v) is 20.3. The lowest BCUT2D eigenvalue weighted by Crippen LogP contribution is -2.04. The van der Waals surface area contributed by atoms with Crippen LogP contribution in [0.2, 0.25) is 0 Å². The Kier molecular flexibility index (Phi) is 3.84. The van der Waals surface area contributed by atoms with Crippen molar-refractivity contribution in [2.75, 3.05) is 0 Å². The van der Waals surface area contributed by atoms with Gasteiger partial charge < -0.3 is 0 Å². The Balaban J connectivity index is 1.98. The monoisotopic (exact) mass is 468 g/mol. The molecule has 0 spiro atoms. The molecule has 7 aromatic rings. The summed E-state index contributed by atoms with van der Waals surface area (Å²) in [7, 11) is 0. The van der Waals surface area contributed by atoms with Crippen LogP contribution in [-0.2, 0) is 0 Å². The summed E-state index contributed by atoms with van der Waals surface area (Å²) in [6, 6.07) is 15.3. The molecule has 7 rings (SSSR count). The van der Waals surface area contributed by atoms with Crippen molar-refractivity contribution in [2.24, 2.45) is 0 Å². The standard InChI is InChI=1S/C32H20O4/c1-13(33)23-9-17-10-24(14(2)34)21-7-8-22-26(16(4)36)12-18-11-25(15(3)35)20-6-5-19(23)29-27(17)31(21)32(22)28(18)30(20)29/h5-12H,1-4H3. The van der Waals surface area contributed by atoms with Gasteiger partial charge >= 0.3 is 0 Å².